The van der Waals surface area contributed by atoms with Gasteiger partial charge in [-0.3, -0.25) is 14.6 Å². The second kappa shape index (κ2) is 7.86. The van der Waals surface area contributed by atoms with E-state index in [9.17, 15) is 14.4 Å². The van der Waals surface area contributed by atoms with Crippen molar-refractivity contribution in [3.05, 3.63) is 63.1 Å². The van der Waals surface area contributed by atoms with Crippen LogP contribution in [0.4, 0.5) is 5.82 Å². The third-order valence-electron chi connectivity index (χ3n) is 5.12. The highest BCUT2D eigenvalue weighted by molar-refractivity contribution is 5.77. The highest BCUT2D eigenvalue weighted by atomic mass is 16.2. The molecule has 9 heteroatoms. The molecule has 0 bridgehead atoms. The minimum atomic E-state index is -0.500. The molecule has 2 aromatic heterocycles. The number of benzene rings is 1. The Morgan fingerprint density at radius 2 is 1.72 bits per heavy atom. The van der Waals surface area contributed by atoms with Gasteiger partial charge in [0.15, 0.2) is 5.82 Å². The number of anilines is 1. The van der Waals surface area contributed by atoms with Gasteiger partial charge in [0.05, 0.1) is 16.7 Å². The van der Waals surface area contributed by atoms with Crippen LogP contribution in [0.5, 0.6) is 0 Å². The number of H-pyrrole nitrogens is 1. The molecule has 4 rings (SSSR count). The van der Waals surface area contributed by atoms with Crippen LogP contribution in [0.2, 0.25) is 0 Å². The number of rotatable bonds is 4. The van der Waals surface area contributed by atoms with Crippen LogP contribution in [0.25, 0.3) is 11.0 Å². The maximum atomic E-state index is 12.5. The SMILES string of the molecule is Cc1nc2ccccc2nc1N1CCN(C(=O)CCn2ccc(=O)[nH]c2=O)CC1. The summed E-state index contributed by atoms with van der Waals surface area (Å²) in [6.45, 7) is 4.73. The Bertz CT molecular complexity index is 1160. The zero-order valence-electron chi connectivity index (χ0n) is 16.2. The first kappa shape index (κ1) is 18.9. The quantitative estimate of drug-likeness (QED) is 0.692. The lowest BCUT2D eigenvalue weighted by atomic mass is 10.2. The van der Waals surface area contributed by atoms with Crippen LogP contribution in [-0.2, 0) is 11.3 Å². The molecule has 1 amide bonds. The van der Waals surface area contributed by atoms with E-state index in [0.29, 0.717) is 26.2 Å². The summed E-state index contributed by atoms with van der Waals surface area (Å²) in [6.07, 6.45) is 1.62. The molecule has 0 aliphatic carbocycles. The van der Waals surface area contributed by atoms with Gasteiger partial charge in [0, 0.05) is 51.4 Å². The van der Waals surface area contributed by atoms with E-state index in [1.165, 1.54) is 16.8 Å². The third-order valence-corrected chi connectivity index (χ3v) is 5.12. The molecule has 1 aliphatic heterocycles. The van der Waals surface area contributed by atoms with Crippen molar-refractivity contribution in [2.75, 3.05) is 31.1 Å². The van der Waals surface area contributed by atoms with E-state index in [4.69, 9.17) is 4.98 Å². The van der Waals surface area contributed by atoms with Crippen molar-refractivity contribution in [2.45, 2.75) is 19.9 Å². The Morgan fingerprint density at radius 1 is 1.03 bits per heavy atom. The number of nitrogens with one attached hydrogen (secondary N) is 1. The summed E-state index contributed by atoms with van der Waals surface area (Å²) in [5.74, 6) is 0.847. The zero-order valence-corrected chi connectivity index (χ0v) is 16.2. The van der Waals surface area contributed by atoms with Gasteiger partial charge in [-0.2, -0.15) is 0 Å². The summed E-state index contributed by atoms with van der Waals surface area (Å²) < 4.78 is 1.34. The van der Waals surface area contributed by atoms with E-state index in [1.807, 2.05) is 31.2 Å². The summed E-state index contributed by atoms with van der Waals surface area (Å²) in [7, 11) is 0. The number of piperazine rings is 1. The van der Waals surface area contributed by atoms with Crippen molar-refractivity contribution in [1.82, 2.24) is 24.4 Å². The molecule has 3 aromatic rings. The first-order valence-corrected chi connectivity index (χ1v) is 9.57. The first-order chi connectivity index (χ1) is 14.0. The van der Waals surface area contributed by atoms with Gasteiger partial charge in [0.2, 0.25) is 5.91 Å². The first-order valence-electron chi connectivity index (χ1n) is 9.57. The molecule has 0 atom stereocenters. The fourth-order valence-corrected chi connectivity index (χ4v) is 3.54. The van der Waals surface area contributed by atoms with E-state index in [2.05, 4.69) is 14.9 Å². The van der Waals surface area contributed by atoms with Crippen LogP contribution in [0, 0.1) is 6.92 Å². The fourth-order valence-electron chi connectivity index (χ4n) is 3.54. The molecule has 1 aromatic carbocycles. The van der Waals surface area contributed by atoms with Crippen molar-refractivity contribution in [3.8, 4) is 0 Å². The number of carbonyl (C=O) groups excluding carboxylic acids is 1. The molecule has 1 N–H and O–H groups in total. The van der Waals surface area contributed by atoms with Crippen LogP contribution >= 0.6 is 0 Å². The van der Waals surface area contributed by atoms with Crippen molar-refractivity contribution >= 4 is 22.8 Å². The summed E-state index contributed by atoms with van der Waals surface area (Å²) >= 11 is 0. The van der Waals surface area contributed by atoms with E-state index >= 15 is 0 Å². The van der Waals surface area contributed by atoms with Crippen molar-refractivity contribution < 1.29 is 4.79 Å². The fraction of sp³-hybridized carbons (Fsp3) is 0.350. The van der Waals surface area contributed by atoms with Crippen LogP contribution in [-0.4, -0.2) is 56.5 Å². The van der Waals surface area contributed by atoms with E-state index < -0.39 is 11.2 Å². The van der Waals surface area contributed by atoms with Gasteiger partial charge >= 0.3 is 5.69 Å². The van der Waals surface area contributed by atoms with Gasteiger partial charge in [-0.05, 0) is 19.1 Å². The van der Waals surface area contributed by atoms with Crippen LogP contribution in [0.3, 0.4) is 0 Å². The number of aromatic nitrogens is 4. The summed E-state index contributed by atoms with van der Waals surface area (Å²) in [6, 6.07) is 9.06. The standard InChI is InChI=1S/C20H22N6O3/c1-14-19(22-16-5-3-2-4-15(16)21-14)25-12-10-24(11-13-25)18(28)7-9-26-8-6-17(27)23-20(26)29/h2-6,8H,7,9-13H2,1H3,(H,23,27,29). The van der Waals surface area contributed by atoms with Gasteiger partial charge in [-0.15, -0.1) is 0 Å². The maximum Gasteiger partial charge on any atom is 0.328 e. The Labute approximate surface area is 166 Å². The summed E-state index contributed by atoms with van der Waals surface area (Å²) in [5, 5.41) is 0. The van der Waals surface area contributed by atoms with E-state index in [1.54, 1.807) is 4.90 Å². The lowest BCUT2D eigenvalue weighted by molar-refractivity contribution is -0.131. The minimum absolute atomic E-state index is 0.0101. The molecule has 1 fully saturated rings. The van der Waals surface area contributed by atoms with Crippen molar-refractivity contribution in [3.63, 3.8) is 0 Å². The largest absolute Gasteiger partial charge is 0.352 e. The molecule has 1 saturated heterocycles. The van der Waals surface area contributed by atoms with Crippen LogP contribution in [0.1, 0.15) is 12.1 Å². The predicted octanol–water partition coefficient (Wildman–Crippen LogP) is 0.527. The number of nitrogens with zero attached hydrogens (tertiary/aromatic N) is 5. The normalized spacial score (nSPS) is 14.4. The van der Waals surface area contributed by atoms with E-state index in [-0.39, 0.29) is 18.9 Å². The molecule has 0 saturated carbocycles. The lowest BCUT2D eigenvalue weighted by Crippen LogP contribution is -2.49. The highest BCUT2D eigenvalue weighted by Gasteiger charge is 2.23. The number of para-hydroxylation sites is 2. The monoisotopic (exact) mass is 394 g/mol. The topological polar surface area (TPSA) is 104 Å². The Hall–Kier alpha value is -3.49. The Morgan fingerprint density at radius 3 is 2.41 bits per heavy atom. The van der Waals surface area contributed by atoms with Crippen molar-refractivity contribution in [2.24, 2.45) is 0 Å². The van der Waals surface area contributed by atoms with Crippen molar-refractivity contribution in [1.29, 1.82) is 0 Å². The number of hydrogen-bond acceptors (Lipinski definition) is 6. The predicted molar refractivity (Wildman–Crippen MR) is 109 cm³/mol. The van der Waals surface area contributed by atoms with Gasteiger partial charge < -0.3 is 14.4 Å². The number of carbonyl (C=O) groups is 1. The number of aryl methyl sites for hydroxylation is 2. The number of fused-ring (bicyclic) bond motifs is 1. The zero-order chi connectivity index (χ0) is 20.4. The number of aromatic amines is 1. The van der Waals surface area contributed by atoms with Crippen LogP contribution < -0.4 is 16.1 Å². The number of hydrogen-bond donors (Lipinski definition) is 1. The summed E-state index contributed by atoms with van der Waals surface area (Å²) in [4.78, 5) is 50.9. The van der Waals surface area contributed by atoms with Crippen LogP contribution in [0.15, 0.2) is 46.1 Å². The molecule has 1 aliphatic rings. The van der Waals surface area contributed by atoms with Gasteiger partial charge in [0.1, 0.15) is 0 Å². The summed E-state index contributed by atoms with van der Waals surface area (Å²) in [5.41, 5.74) is 1.67. The lowest BCUT2D eigenvalue weighted by Gasteiger charge is -2.36. The maximum absolute atomic E-state index is 12.5. The second-order valence-electron chi connectivity index (χ2n) is 7.04. The third kappa shape index (κ3) is 4.03. The molecule has 150 valence electrons. The molecule has 0 spiro atoms. The molecular weight excluding hydrogens is 372 g/mol. The Balaban J connectivity index is 1.37. The molecular formula is C20H22N6O3. The molecule has 9 nitrogen and oxygen atoms in total. The van der Waals surface area contributed by atoms with Gasteiger partial charge in [-0.25, -0.2) is 14.8 Å². The number of amides is 1. The van der Waals surface area contributed by atoms with Gasteiger partial charge in [0.25, 0.3) is 5.56 Å². The Kier molecular flexibility index (Phi) is 5.11. The smallest absolute Gasteiger partial charge is 0.328 e. The average Bonchev–Trinajstić information content (AvgIpc) is 2.72. The van der Waals surface area contributed by atoms with Gasteiger partial charge in [-0.1, -0.05) is 12.1 Å². The second-order valence-corrected chi connectivity index (χ2v) is 7.04. The molecule has 0 radical (unpaired) electrons. The molecule has 0 unspecified atom stereocenters. The van der Waals surface area contributed by atoms with E-state index in [0.717, 1.165) is 22.5 Å². The minimum Gasteiger partial charge on any atom is -0.352 e. The molecule has 29 heavy (non-hydrogen) atoms. The average molecular weight is 394 g/mol. The molecule has 3 heterocycles. The highest BCUT2D eigenvalue weighted by Crippen LogP contribution is 2.21.